The van der Waals surface area contributed by atoms with Gasteiger partial charge in [0.05, 0.1) is 17.3 Å². The molecule has 0 radical (unpaired) electrons. The third-order valence-corrected chi connectivity index (χ3v) is 4.95. The van der Waals surface area contributed by atoms with E-state index >= 15 is 0 Å². The zero-order valence-corrected chi connectivity index (χ0v) is 14.3. The number of benzene rings is 2. The number of aromatic nitrogens is 1. The van der Waals surface area contributed by atoms with E-state index in [1.807, 2.05) is 41.3 Å². The van der Waals surface area contributed by atoms with Crippen molar-refractivity contribution in [3.8, 4) is 11.3 Å². The second kappa shape index (κ2) is 6.73. The second-order valence-electron chi connectivity index (χ2n) is 6.12. The van der Waals surface area contributed by atoms with Gasteiger partial charge in [-0.25, -0.2) is 0 Å². The number of carbonyl (C=O) groups is 1. The number of carbonyl (C=O) groups excluding carboxylic acids is 1. The molecule has 2 aromatic carbocycles. The van der Waals surface area contributed by atoms with Crippen LogP contribution in [0.2, 0.25) is 5.02 Å². The number of hydrogen-bond donors (Lipinski definition) is 0. The lowest BCUT2D eigenvalue weighted by Crippen LogP contribution is -2.30. The Balaban J connectivity index is 1.68. The lowest BCUT2D eigenvalue weighted by atomic mass is 10.0. The van der Waals surface area contributed by atoms with Gasteiger partial charge >= 0.3 is 0 Å². The molecular weight excluding hydrogens is 336 g/mol. The van der Waals surface area contributed by atoms with Gasteiger partial charge in [-0.3, -0.25) is 4.79 Å². The second-order valence-corrected chi connectivity index (χ2v) is 6.52. The highest BCUT2D eigenvalue weighted by Gasteiger charge is 2.33. The van der Waals surface area contributed by atoms with Crippen LogP contribution in [0.5, 0.6) is 0 Å². The quantitative estimate of drug-likeness (QED) is 0.668. The van der Waals surface area contributed by atoms with Crippen LogP contribution in [0, 0.1) is 0 Å². The van der Waals surface area contributed by atoms with Crippen LogP contribution in [0.1, 0.15) is 34.8 Å². The smallest absolute Gasteiger partial charge is 0.259 e. The molecule has 1 atom stereocenters. The first kappa shape index (κ1) is 15.9. The summed E-state index contributed by atoms with van der Waals surface area (Å²) in [6, 6.07) is 17.5. The summed E-state index contributed by atoms with van der Waals surface area (Å²) in [5, 5.41) is 4.39. The van der Waals surface area contributed by atoms with Gasteiger partial charge in [0.2, 0.25) is 0 Å². The van der Waals surface area contributed by atoms with Crippen molar-refractivity contribution in [1.82, 2.24) is 10.1 Å². The maximum atomic E-state index is 13.2. The number of rotatable bonds is 3. The Hall–Kier alpha value is -2.59. The first-order valence-electron chi connectivity index (χ1n) is 8.31. The molecule has 0 spiro atoms. The van der Waals surface area contributed by atoms with Crippen molar-refractivity contribution in [2.24, 2.45) is 0 Å². The number of nitrogens with zero attached hydrogens (tertiary/aromatic N) is 2. The van der Waals surface area contributed by atoms with Crippen LogP contribution in [0.25, 0.3) is 11.3 Å². The maximum Gasteiger partial charge on any atom is 0.259 e. The molecule has 1 fully saturated rings. The molecule has 4 nitrogen and oxygen atoms in total. The fourth-order valence-corrected chi connectivity index (χ4v) is 3.64. The lowest BCUT2D eigenvalue weighted by molar-refractivity contribution is 0.0736. The molecule has 3 aromatic rings. The summed E-state index contributed by atoms with van der Waals surface area (Å²) in [5.74, 6) is 0.358. The van der Waals surface area contributed by atoms with E-state index in [1.54, 1.807) is 6.07 Å². The summed E-state index contributed by atoms with van der Waals surface area (Å²) in [5.41, 5.74) is 2.29. The minimum absolute atomic E-state index is 0.0671. The third-order valence-electron chi connectivity index (χ3n) is 4.62. The van der Waals surface area contributed by atoms with E-state index in [9.17, 15) is 4.79 Å². The highest BCUT2D eigenvalue weighted by Crippen LogP contribution is 2.36. The van der Waals surface area contributed by atoms with Gasteiger partial charge in [-0.2, -0.15) is 0 Å². The number of amides is 1. The average molecular weight is 353 g/mol. The largest absolute Gasteiger partial charge is 0.355 e. The summed E-state index contributed by atoms with van der Waals surface area (Å²) < 4.78 is 5.37. The molecule has 0 saturated carbocycles. The molecule has 126 valence electrons. The van der Waals surface area contributed by atoms with Crippen molar-refractivity contribution < 1.29 is 9.32 Å². The van der Waals surface area contributed by atoms with E-state index in [1.165, 1.54) is 6.20 Å². The zero-order chi connectivity index (χ0) is 17.2. The molecule has 4 rings (SSSR count). The molecular formula is C20H17ClN2O2. The molecule has 0 N–H and O–H groups in total. The monoisotopic (exact) mass is 352 g/mol. The van der Waals surface area contributed by atoms with Gasteiger partial charge in [0.25, 0.3) is 5.91 Å². The fraction of sp³-hybridized carbons (Fsp3) is 0.200. The van der Waals surface area contributed by atoms with Crippen molar-refractivity contribution in [2.45, 2.75) is 18.9 Å². The SMILES string of the molecule is O=C(c1cnoc1-c1ccccc1Cl)N1CCCC1c1ccccc1. The van der Waals surface area contributed by atoms with Gasteiger partial charge in [0, 0.05) is 12.1 Å². The summed E-state index contributed by atoms with van der Waals surface area (Å²) >= 11 is 6.26. The normalized spacial score (nSPS) is 17.0. The fourth-order valence-electron chi connectivity index (χ4n) is 3.42. The molecule has 0 aliphatic carbocycles. The lowest BCUT2D eigenvalue weighted by Gasteiger charge is -2.25. The van der Waals surface area contributed by atoms with Crippen molar-refractivity contribution in [3.05, 3.63) is 76.9 Å². The molecule has 1 aliphatic rings. The van der Waals surface area contributed by atoms with Crippen molar-refractivity contribution in [3.63, 3.8) is 0 Å². The van der Waals surface area contributed by atoms with Gasteiger partial charge in [0.15, 0.2) is 5.76 Å². The predicted molar refractivity (Wildman–Crippen MR) is 96.4 cm³/mol. The van der Waals surface area contributed by atoms with Crippen LogP contribution in [-0.2, 0) is 0 Å². The van der Waals surface area contributed by atoms with Crippen LogP contribution in [0.4, 0.5) is 0 Å². The standard InChI is InChI=1S/C20H17ClN2O2/c21-17-10-5-4-9-15(17)19-16(13-22-25-19)20(24)23-12-6-11-18(23)14-7-2-1-3-8-14/h1-5,7-10,13,18H,6,11-12H2. The molecule has 1 aliphatic heterocycles. The Labute approximate surface area is 151 Å². The van der Waals surface area contributed by atoms with Gasteiger partial charge < -0.3 is 9.42 Å². The topological polar surface area (TPSA) is 46.3 Å². The number of halogens is 1. The molecule has 5 heteroatoms. The summed E-state index contributed by atoms with van der Waals surface area (Å²) in [6.07, 6.45) is 3.43. The Morgan fingerprint density at radius 1 is 1.12 bits per heavy atom. The van der Waals surface area contributed by atoms with E-state index in [2.05, 4.69) is 17.3 Å². The van der Waals surface area contributed by atoms with E-state index < -0.39 is 0 Å². The molecule has 1 unspecified atom stereocenters. The molecule has 1 amide bonds. The Morgan fingerprint density at radius 2 is 1.88 bits per heavy atom. The zero-order valence-electron chi connectivity index (χ0n) is 13.6. The third kappa shape index (κ3) is 2.94. The van der Waals surface area contributed by atoms with Gasteiger partial charge in [-0.1, -0.05) is 59.2 Å². The van der Waals surface area contributed by atoms with E-state index in [4.69, 9.17) is 16.1 Å². The number of likely N-dealkylation sites (tertiary alicyclic amines) is 1. The van der Waals surface area contributed by atoms with Crippen LogP contribution in [-0.4, -0.2) is 22.5 Å². The highest BCUT2D eigenvalue weighted by atomic mass is 35.5. The Bertz CT molecular complexity index is 891. The van der Waals surface area contributed by atoms with E-state index in [0.29, 0.717) is 21.9 Å². The Kier molecular flexibility index (Phi) is 4.28. The number of hydrogen-bond acceptors (Lipinski definition) is 3. The molecule has 2 heterocycles. The maximum absolute atomic E-state index is 13.2. The minimum Gasteiger partial charge on any atom is -0.355 e. The molecule has 0 bridgehead atoms. The molecule has 25 heavy (non-hydrogen) atoms. The van der Waals surface area contributed by atoms with Crippen molar-refractivity contribution in [2.75, 3.05) is 6.54 Å². The van der Waals surface area contributed by atoms with Gasteiger partial charge in [0.1, 0.15) is 5.56 Å². The molecule has 1 aromatic heterocycles. The van der Waals surface area contributed by atoms with Crippen LogP contribution < -0.4 is 0 Å². The first-order chi connectivity index (χ1) is 12.3. The predicted octanol–water partition coefficient (Wildman–Crippen LogP) is 4.97. The van der Waals surface area contributed by atoms with E-state index in [-0.39, 0.29) is 11.9 Å². The van der Waals surface area contributed by atoms with Crippen molar-refractivity contribution >= 4 is 17.5 Å². The minimum atomic E-state index is -0.0671. The summed E-state index contributed by atoms with van der Waals surface area (Å²) in [4.78, 5) is 15.1. The first-order valence-corrected chi connectivity index (χ1v) is 8.69. The van der Waals surface area contributed by atoms with Gasteiger partial charge in [-0.15, -0.1) is 0 Å². The Morgan fingerprint density at radius 3 is 2.68 bits per heavy atom. The van der Waals surface area contributed by atoms with Crippen molar-refractivity contribution in [1.29, 1.82) is 0 Å². The molecule has 1 saturated heterocycles. The average Bonchev–Trinajstić information content (AvgIpc) is 3.32. The van der Waals surface area contributed by atoms with Crippen LogP contribution in [0.3, 0.4) is 0 Å². The van der Waals surface area contributed by atoms with Gasteiger partial charge in [-0.05, 0) is 30.5 Å². The summed E-state index contributed by atoms with van der Waals surface area (Å²) in [7, 11) is 0. The van der Waals surface area contributed by atoms with E-state index in [0.717, 1.165) is 24.9 Å². The van der Waals surface area contributed by atoms with Crippen LogP contribution in [0.15, 0.2) is 65.3 Å². The highest BCUT2D eigenvalue weighted by molar-refractivity contribution is 6.33. The van der Waals surface area contributed by atoms with Crippen LogP contribution >= 0.6 is 11.6 Å². The summed E-state index contributed by atoms with van der Waals surface area (Å²) in [6.45, 7) is 0.728.